The summed E-state index contributed by atoms with van der Waals surface area (Å²) in [7, 11) is 0. The lowest BCUT2D eigenvalue weighted by molar-refractivity contribution is 0.0850. The molecule has 0 aliphatic carbocycles. The number of ether oxygens (including phenoxy) is 1. The Balaban J connectivity index is 1.36. The van der Waals surface area contributed by atoms with Crippen molar-refractivity contribution in [2.24, 2.45) is 0 Å². The van der Waals surface area contributed by atoms with Crippen LogP contribution in [0.1, 0.15) is 5.56 Å². The molecular formula is C21H20N4O2. The van der Waals surface area contributed by atoms with Gasteiger partial charge in [0.15, 0.2) is 0 Å². The molecule has 0 aliphatic heterocycles. The van der Waals surface area contributed by atoms with Gasteiger partial charge in [0.2, 0.25) is 5.82 Å². The molecule has 6 heteroatoms. The van der Waals surface area contributed by atoms with Gasteiger partial charge in [-0.25, -0.2) is 0 Å². The van der Waals surface area contributed by atoms with Crippen molar-refractivity contribution in [1.29, 1.82) is 0 Å². The van der Waals surface area contributed by atoms with E-state index in [1.165, 1.54) is 10.4 Å². The average molecular weight is 360 g/mol. The van der Waals surface area contributed by atoms with Crippen molar-refractivity contribution >= 4 is 10.8 Å². The zero-order valence-electron chi connectivity index (χ0n) is 15.0. The molecule has 27 heavy (non-hydrogen) atoms. The molecule has 136 valence electrons. The normalized spacial score (nSPS) is 12.2. The fourth-order valence-corrected chi connectivity index (χ4v) is 2.83. The Kier molecular flexibility index (Phi) is 4.80. The molecule has 1 aromatic heterocycles. The number of fused-ring (bicyclic) bond motifs is 1. The zero-order chi connectivity index (χ0) is 18.6. The van der Waals surface area contributed by atoms with Gasteiger partial charge in [-0.15, -0.1) is 10.2 Å². The van der Waals surface area contributed by atoms with Crippen LogP contribution in [0.3, 0.4) is 0 Å². The number of benzene rings is 3. The Labute approximate surface area is 157 Å². The van der Waals surface area contributed by atoms with Gasteiger partial charge < -0.3 is 9.84 Å². The van der Waals surface area contributed by atoms with Crippen LogP contribution in [0.2, 0.25) is 0 Å². The molecule has 0 saturated carbocycles. The van der Waals surface area contributed by atoms with Gasteiger partial charge in [-0.2, -0.15) is 4.80 Å². The minimum absolute atomic E-state index is 0.153. The number of rotatable bonds is 6. The van der Waals surface area contributed by atoms with E-state index in [1.54, 1.807) is 0 Å². The Morgan fingerprint density at radius 2 is 1.78 bits per heavy atom. The number of hydrogen-bond acceptors (Lipinski definition) is 5. The SMILES string of the molecule is Cc1ccc(-c2nnn(CC(O)COc3ccc4ccccc4c3)n2)cc1. The van der Waals surface area contributed by atoms with Gasteiger partial charge in [0.1, 0.15) is 18.5 Å². The van der Waals surface area contributed by atoms with Gasteiger partial charge in [0.25, 0.3) is 0 Å². The third-order valence-electron chi connectivity index (χ3n) is 4.30. The molecule has 4 aromatic rings. The summed E-state index contributed by atoms with van der Waals surface area (Å²) in [6.45, 7) is 2.39. The highest BCUT2D eigenvalue weighted by atomic mass is 16.5. The molecule has 0 spiro atoms. The summed E-state index contributed by atoms with van der Waals surface area (Å²) < 4.78 is 5.71. The molecule has 1 unspecified atom stereocenters. The van der Waals surface area contributed by atoms with Crippen LogP contribution in [0, 0.1) is 6.92 Å². The summed E-state index contributed by atoms with van der Waals surface area (Å²) in [6.07, 6.45) is -0.739. The Bertz CT molecular complexity index is 1040. The lowest BCUT2D eigenvalue weighted by Crippen LogP contribution is -2.24. The molecule has 0 bridgehead atoms. The second-order valence-corrected chi connectivity index (χ2v) is 6.51. The zero-order valence-corrected chi connectivity index (χ0v) is 15.0. The van der Waals surface area contributed by atoms with Crippen molar-refractivity contribution in [3.05, 3.63) is 72.3 Å². The van der Waals surface area contributed by atoms with E-state index >= 15 is 0 Å². The van der Waals surface area contributed by atoms with Crippen molar-refractivity contribution in [2.75, 3.05) is 6.61 Å². The number of aliphatic hydroxyl groups excluding tert-OH is 1. The van der Waals surface area contributed by atoms with Crippen molar-refractivity contribution < 1.29 is 9.84 Å². The molecule has 6 nitrogen and oxygen atoms in total. The first-order chi connectivity index (χ1) is 13.2. The summed E-state index contributed by atoms with van der Waals surface area (Å²) >= 11 is 0. The minimum atomic E-state index is -0.739. The largest absolute Gasteiger partial charge is 0.491 e. The van der Waals surface area contributed by atoms with Crippen molar-refractivity contribution in [3.8, 4) is 17.1 Å². The first-order valence-corrected chi connectivity index (χ1v) is 8.82. The molecule has 0 fully saturated rings. The molecular weight excluding hydrogens is 340 g/mol. The Morgan fingerprint density at radius 3 is 2.59 bits per heavy atom. The molecule has 3 aromatic carbocycles. The van der Waals surface area contributed by atoms with Gasteiger partial charge in [0, 0.05) is 5.56 Å². The number of hydrogen-bond donors (Lipinski definition) is 1. The van der Waals surface area contributed by atoms with Gasteiger partial charge in [-0.1, -0.05) is 60.2 Å². The van der Waals surface area contributed by atoms with Gasteiger partial charge in [-0.3, -0.25) is 0 Å². The number of tetrazole rings is 1. The second kappa shape index (κ2) is 7.55. The molecule has 1 heterocycles. The fourth-order valence-electron chi connectivity index (χ4n) is 2.83. The third-order valence-corrected chi connectivity index (χ3v) is 4.30. The topological polar surface area (TPSA) is 73.1 Å². The van der Waals surface area contributed by atoms with Crippen LogP contribution in [0.5, 0.6) is 5.75 Å². The van der Waals surface area contributed by atoms with Gasteiger partial charge >= 0.3 is 0 Å². The molecule has 0 saturated heterocycles. The van der Waals surface area contributed by atoms with Crippen LogP contribution in [-0.2, 0) is 6.54 Å². The minimum Gasteiger partial charge on any atom is -0.491 e. The van der Waals surface area contributed by atoms with E-state index in [1.807, 2.05) is 67.6 Å². The Hall–Kier alpha value is -3.25. The number of aryl methyl sites for hydroxylation is 1. The Morgan fingerprint density at radius 1 is 1.00 bits per heavy atom. The first kappa shape index (κ1) is 17.2. The number of aromatic nitrogens is 4. The standard InChI is InChI=1S/C21H20N4O2/c1-15-6-8-17(9-7-15)21-22-24-25(23-21)13-19(26)14-27-20-11-10-16-4-2-3-5-18(16)12-20/h2-12,19,26H,13-14H2,1H3. The van der Waals surface area contributed by atoms with Crippen LogP contribution < -0.4 is 4.74 Å². The summed E-state index contributed by atoms with van der Waals surface area (Å²) in [6, 6.07) is 21.9. The third kappa shape index (κ3) is 4.12. The van der Waals surface area contributed by atoms with E-state index in [9.17, 15) is 5.11 Å². The summed E-state index contributed by atoms with van der Waals surface area (Å²) in [5.41, 5.74) is 2.07. The van der Waals surface area contributed by atoms with E-state index in [0.29, 0.717) is 5.82 Å². The summed E-state index contributed by atoms with van der Waals surface area (Å²) in [5.74, 6) is 1.26. The lowest BCUT2D eigenvalue weighted by Gasteiger charge is -2.12. The monoisotopic (exact) mass is 360 g/mol. The van der Waals surface area contributed by atoms with Crippen LogP contribution in [0.25, 0.3) is 22.2 Å². The van der Waals surface area contributed by atoms with Crippen LogP contribution in [0.4, 0.5) is 0 Å². The predicted octanol–water partition coefficient (Wildman–Crippen LogP) is 3.24. The second-order valence-electron chi connectivity index (χ2n) is 6.51. The lowest BCUT2D eigenvalue weighted by atomic mass is 10.1. The highest BCUT2D eigenvalue weighted by molar-refractivity contribution is 5.83. The maximum absolute atomic E-state index is 10.2. The maximum Gasteiger partial charge on any atom is 0.204 e. The summed E-state index contributed by atoms with van der Waals surface area (Å²) in [4.78, 5) is 1.39. The molecule has 0 aliphatic rings. The van der Waals surface area contributed by atoms with Crippen LogP contribution in [-0.4, -0.2) is 38.0 Å². The van der Waals surface area contributed by atoms with E-state index in [0.717, 1.165) is 22.1 Å². The number of aliphatic hydroxyl groups is 1. The molecule has 0 amide bonds. The van der Waals surface area contributed by atoms with E-state index in [4.69, 9.17) is 4.74 Å². The molecule has 4 rings (SSSR count). The van der Waals surface area contributed by atoms with Gasteiger partial charge in [-0.05, 0) is 35.0 Å². The molecule has 1 atom stereocenters. The van der Waals surface area contributed by atoms with Crippen LogP contribution >= 0.6 is 0 Å². The van der Waals surface area contributed by atoms with Crippen molar-refractivity contribution in [1.82, 2.24) is 20.2 Å². The highest BCUT2D eigenvalue weighted by Gasteiger charge is 2.11. The fraction of sp³-hybridized carbons (Fsp3) is 0.190. The smallest absolute Gasteiger partial charge is 0.204 e. The predicted molar refractivity (Wildman–Crippen MR) is 103 cm³/mol. The molecule has 0 radical (unpaired) electrons. The highest BCUT2D eigenvalue weighted by Crippen LogP contribution is 2.20. The quantitative estimate of drug-likeness (QED) is 0.571. The van der Waals surface area contributed by atoms with E-state index in [-0.39, 0.29) is 13.2 Å². The first-order valence-electron chi connectivity index (χ1n) is 8.82. The average Bonchev–Trinajstić information content (AvgIpc) is 3.15. The number of nitrogens with zero attached hydrogens (tertiary/aromatic N) is 4. The van der Waals surface area contributed by atoms with Crippen molar-refractivity contribution in [2.45, 2.75) is 19.6 Å². The maximum atomic E-state index is 10.2. The van der Waals surface area contributed by atoms with Crippen LogP contribution in [0.15, 0.2) is 66.7 Å². The van der Waals surface area contributed by atoms with Crippen molar-refractivity contribution in [3.63, 3.8) is 0 Å². The van der Waals surface area contributed by atoms with Gasteiger partial charge in [0.05, 0.1) is 6.54 Å². The van der Waals surface area contributed by atoms with E-state index in [2.05, 4.69) is 21.5 Å². The van der Waals surface area contributed by atoms with E-state index < -0.39 is 6.10 Å². The summed E-state index contributed by atoms with van der Waals surface area (Å²) in [5, 5.41) is 24.9. The molecule has 1 N–H and O–H groups in total.